The summed E-state index contributed by atoms with van der Waals surface area (Å²) in [6, 6.07) is 6.84. The molecule has 1 heterocycles. The number of nitrogens with two attached hydrogens (primary N) is 1. The molecule has 106 valence electrons. The van der Waals surface area contributed by atoms with Crippen molar-refractivity contribution in [2.45, 2.75) is 12.8 Å². The third kappa shape index (κ3) is 3.74. The molecule has 20 heavy (non-hydrogen) atoms. The molecule has 3 N–H and O–H groups in total. The number of thioether (sulfide) groups is 1. The number of nitrogen functional groups attached to an aromatic ring is 1. The molecule has 0 aromatic heterocycles. The van der Waals surface area contributed by atoms with Gasteiger partial charge < -0.3 is 11.1 Å². The molecule has 0 spiro atoms. The second-order valence-corrected chi connectivity index (χ2v) is 5.30. The van der Waals surface area contributed by atoms with Crippen molar-refractivity contribution in [2.24, 2.45) is 0 Å². The van der Waals surface area contributed by atoms with Crippen LogP contribution in [0, 0.1) is 0 Å². The van der Waals surface area contributed by atoms with Crippen molar-refractivity contribution < 1.29 is 14.4 Å². The molecule has 1 aromatic carbocycles. The van der Waals surface area contributed by atoms with E-state index in [2.05, 4.69) is 5.32 Å². The molecule has 0 unspecified atom stereocenters. The fourth-order valence-corrected chi connectivity index (χ4v) is 2.54. The highest BCUT2D eigenvalue weighted by molar-refractivity contribution is 8.14. The summed E-state index contributed by atoms with van der Waals surface area (Å²) in [6.07, 6.45) is 0.713. The van der Waals surface area contributed by atoms with Gasteiger partial charge in [0.25, 0.3) is 5.24 Å². The lowest BCUT2D eigenvalue weighted by molar-refractivity contribution is -0.125. The molecule has 0 atom stereocenters. The highest BCUT2D eigenvalue weighted by Crippen LogP contribution is 2.19. The minimum atomic E-state index is -0.228. The van der Waals surface area contributed by atoms with E-state index in [0.717, 1.165) is 11.8 Å². The van der Waals surface area contributed by atoms with E-state index in [0.29, 0.717) is 24.3 Å². The Morgan fingerprint density at radius 2 is 2.00 bits per heavy atom. The Morgan fingerprint density at radius 3 is 2.60 bits per heavy atom. The number of anilines is 2. The van der Waals surface area contributed by atoms with Gasteiger partial charge in [-0.15, -0.1) is 0 Å². The molecule has 1 fully saturated rings. The molecular formula is C13H15N3O3S. The van der Waals surface area contributed by atoms with Gasteiger partial charge in [-0.3, -0.25) is 19.3 Å². The largest absolute Gasteiger partial charge is 0.399 e. The van der Waals surface area contributed by atoms with Crippen LogP contribution in [0.2, 0.25) is 0 Å². The Labute approximate surface area is 120 Å². The first-order valence-corrected chi connectivity index (χ1v) is 7.17. The summed E-state index contributed by atoms with van der Waals surface area (Å²) in [6.45, 7) is 0.291. The van der Waals surface area contributed by atoms with Gasteiger partial charge in [0.1, 0.15) is 0 Å². The molecule has 0 bridgehead atoms. The van der Waals surface area contributed by atoms with Gasteiger partial charge in [-0.25, -0.2) is 0 Å². The first-order chi connectivity index (χ1) is 9.56. The van der Waals surface area contributed by atoms with Crippen LogP contribution in [0.3, 0.4) is 0 Å². The number of carbonyl (C=O) groups is 3. The van der Waals surface area contributed by atoms with Crippen LogP contribution in [0.15, 0.2) is 24.3 Å². The van der Waals surface area contributed by atoms with Crippen LogP contribution < -0.4 is 11.1 Å². The van der Waals surface area contributed by atoms with Crippen molar-refractivity contribution >= 4 is 40.2 Å². The summed E-state index contributed by atoms with van der Waals surface area (Å²) in [4.78, 5) is 35.6. The fourth-order valence-electron chi connectivity index (χ4n) is 1.78. The van der Waals surface area contributed by atoms with E-state index in [9.17, 15) is 14.4 Å². The maximum atomic E-state index is 11.7. The molecule has 7 heteroatoms. The third-order valence-corrected chi connectivity index (χ3v) is 3.68. The van der Waals surface area contributed by atoms with E-state index < -0.39 is 0 Å². The number of nitrogens with zero attached hydrogens (tertiary/aromatic N) is 1. The Kier molecular flexibility index (Phi) is 4.62. The van der Waals surface area contributed by atoms with Gasteiger partial charge in [-0.2, -0.15) is 0 Å². The van der Waals surface area contributed by atoms with Crippen LogP contribution in [-0.2, 0) is 9.59 Å². The highest BCUT2D eigenvalue weighted by Gasteiger charge is 2.29. The molecular weight excluding hydrogens is 278 g/mol. The minimum Gasteiger partial charge on any atom is -0.399 e. The van der Waals surface area contributed by atoms with Crippen LogP contribution in [0.5, 0.6) is 0 Å². The monoisotopic (exact) mass is 293 g/mol. The van der Waals surface area contributed by atoms with E-state index in [1.54, 1.807) is 24.3 Å². The second kappa shape index (κ2) is 6.42. The van der Waals surface area contributed by atoms with Crippen molar-refractivity contribution in [2.75, 3.05) is 23.3 Å². The first kappa shape index (κ1) is 14.4. The fraction of sp³-hybridized carbons (Fsp3) is 0.308. The van der Waals surface area contributed by atoms with Crippen molar-refractivity contribution in [1.82, 2.24) is 4.90 Å². The van der Waals surface area contributed by atoms with Gasteiger partial charge in [0.05, 0.1) is 5.75 Å². The van der Waals surface area contributed by atoms with Gasteiger partial charge in [0.2, 0.25) is 11.8 Å². The van der Waals surface area contributed by atoms with Gasteiger partial charge >= 0.3 is 0 Å². The Hall–Kier alpha value is -2.02. The number of rotatable bonds is 5. The quantitative estimate of drug-likeness (QED) is 0.806. The standard InChI is InChI=1S/C13H15N3O3S/c14-9-3-5-10(6-4-9)15-11(17)2-1-7-16-12(18)8-20-13(16)19/h3-6H,1-2,7-8,14H2,(H,15,17). The highest BCUT2D eigenvalue weighted by atomic mass is 32.2. The van der Waals surface area contributed by atoms with Crippen molar-refractivity contribution in [3.63, 3.8) is 0 Å². The van der Waals surface area contributed by atoms with Gasteiger partial charge in [0, 0.05) is 24.3 Å². The summed E-state index contributed by atoms with van der Waals surface area (Å²) in [5.41, 5.74) is 6.85. The summed E-state index contributed by atoms with van der Waals surface area (Å²) in [5.74, 6) is -0.128. The maximum Gasteiger partial charge on any atom is 0.288 e. The normalized spacial score (nSPS) is 14.7. The molecule has 1 aliphatic heterocycles. The molecule has 3 amide bonds. The number of amides is 3. The van der Waals surface area contributed by atoms with E-state index in [4.69, 9.17) is 5.73 Å². The molecule has 0 saturated carbocycles. The average Bonchev–Trinajstić information content (AvgIpc) is 2.73. The van der Waals surface area contributed by atoms with Crippen LogP contribution in [-0.4, -0.2) is 34.3 Å². The molecule has 1 aliphatic rings. The number of imide groups is 1. The number of benzene rings is 1. The van der Waals surface area contributed by atoms with Crippen molar-refractivity contribution in [3.8, 4) is 0 Å². The topological polar surface area (TPSA) is 92.5 Å². The van der Waals surface area contributed by atoms with E-state index >= 15 is 0 Å². The molecule has 0 aliphatic carbocycles. The van der Waals surface area contributed by atoms with E-state index in [1.807, 2.05) is 0 Å². The first-order valence-electron chi connectivity index (χ1n) is 6.19. The number of hydrogen-bond acceptors (Lipinski definition) is 5. The van der Waals surface area contributed by atoms with Gasteiger partial charge in [-0.1, -0.05) is 11.8 Å². The zero-order valence-electron chi connectivity index (χ0n) is 10.8. The maximum absolute atomic E-state index is 11.7. The molecule has 0 radical (unpaired) electrons. The lowest BCUT2D eigenvalue weighted by atomic mass is 10.2. The van der Waals surface area contributed by atoms with Crippen LogP contribution in [0.1, 0.15) is 12.8 Å². The minimum absolute atomic E-state index is 0.151. The lowest BCUT2D eigenvalue weighted by Crippen LogP contribution is -2.30. The number of carbonyl (C=O) groups excluding carboxylic acids is 3. The molecule has 2 rings (SSSR count). The predicted octanol–water partition coefficient (Wildman–Crippen LogP) is 1.68. The predicted molar refractivity (Wildman–Crippen MR) is 78.3 cm³/mol. The molecule has 6 nitrogen and oxygen atoms in total. The SMILES string of the molecule is Nc1ccc(NC(=O)CCCN2C(=O)CSC2=O)cc1. The summed E-state index contributed by atoms with van der Waals surface area (Å²) in [7, 11) is 0. The smallest absolute Gasteiger partial charge is 0.288 e. The van der Waals surface area contributed by atoms with E-state index in [-0.39, 0.29) is 29.2 Å². The summed E-state index contributed by atoms with van der Waals surface area (Å²) >= 11 is 1.00. The Balaban J connectivity index is 1.74. The van der Waals surface area contributed by atoms with Crippen molar-refractivity contribution in [3.05, 3.63) is 24.3 Å². The second-order valence-electron chi connectivity index (χ2n) is 4.37. The van der Waals surface area contributed by atoms with Crippen LogP contribution in [0.4, 0.5) is 16.2 Å². The zero-order chi connectivity index (χ0) is 14.5. The lowest BCUT2D eigenvalue weighted by Gasteiger charge is -2.12. The van der Waals surface area contributed by atoms with E-state index in [1.165, 1.54) is 4.90 Å². The average molecular weight is 293 g/mol. The number of hydrogen-bond donors (Lipinski definition) is 2. The Bertz CT molecular complexity index is 514. The van der Waals surface area contributed by atoms with Crippen LogP contribution >= 0.6 is 11.8 Å². The summed E-state index contributed by atoms with van der Waals surface area (Å²) < 4.78 is 0. The molecule has 1 aromatic rings. The third-order valence-electron chi connectivity index (χ3n) is 2.82. The van der Waals surface area contributed by atoms with Gasteiger partial charge in [-0.05, 0) is 30.7 Å². The number of nitrogens with one attached hydrogen (secondary N) is 1. The van der Waals surface area contributed by atoms with Crippen molar-refractivity contribution in [1.29, 1.82) is 0 Å². The molecule has 1 saturated heterocycles. The summed E-state index contributed by atoms with van der Waals surface area (Å²) in [5, 5.41) is 2.50. The zero-order valence-corrected chi connectivity index (χ0v) is 11.6. The Morgan fingerprint density at radius 1 is 1.30 bits per heavy atom. The van der Waals surface area contributed by atoms with Gasteiger partial charge in [0.15, 0.2) is 0 Å². The van der Waals surface area contributed by atoms with Crippen LogP contribution in [0.25, 0.3) is 0 Å².